The van der Waals surface area contributed by atoms with E-state index in [2.05, 4.69) is 66.9 Å². The van der Waals surface area contributed by atoms with Crippen LogP contribution < -0.4 is 5.32 Å². The van der Waals surface area contributed by atoms with E-state index in [9.17, 15) is 0 Å². The number of nitrogens with one attached hydrogen (secondary N) is 1. The second kappa shape index (κ2) is 6.27. The first kappa shape index (κ1) is 14.2. The van der Waals surface area contributed by atoms with Crippen LogP contribution in [0.1, 0.15) is 45.1 Å². The number of hydrogen-bond acceptors (Lipinski definition) is 1. The fourth-order valence-corrected chi connectivity index (χ4v) is 3.43. The van der Waals surface area contributed by atoms with Crippen molar-refractivity contribution in [3.8, 4) is 0 Å². The summed E-state index contributed by atoms with van der Waals surface area (Å²) in [7, 11) is 0. The van der Waals surface area contributed by atoms with Gasteiger partial charge in [-0.25, -0.2) is 0 Å². The molecule has 2 rings (SSSR count). The van der Waals surface area contributed by atoms with Crippen LogP contribution in [0.25, 0.3) is 0 Å². The summed E-state index contributed by atoms with van der Waals surface area (Å²) in [5.41, 5.74) is 2.69. The molecular formula is C16H24IN. The molecule has 0 radical (unpaired) electrons. The van der Waals surface area contributed by atoms with E-state index in [0.717, 1.165) is 11.8 Å². The summed E-state index contributed by atoms with van der Waals surface area (Å²) in [5.74, 6) is 1.73. The van der Waals surface area contributed by atoms with Crippen molar-refractivity contribution in [2.45, 2.75) is 52.5 Å². The summed E-state index contributed by atoms with van der Waals surface area (Å²) >= 11 is 2.39. The van der Waals surface area contributed by atoms with Crippen molar-refractivity contribution in [2.75, 3.05) is 5.32 Å². The van der Waals surface area contributed by atoms with Crippen molar-refractivity contribution >= 4 is 28.3 Å². The predicted molar refractivity (Wildman–Crippen MR) is 88.1 cm³/mol. The van der Waals surface area contributed by atoms with E-state index in [4.69, 9.17) is 0 Å². The third-order valence-corrected chi connectivity index (χ3v) is 4.89. The third kappa shape index (κ3) is 3.62. The molecule has 1 aromatic carbocycles. The van der Waals surface area contributed by atoms with Crippen LogP contribution in [-0.2, 0) is 0 Å². The molecule has 0 bridgehead atoms. The smallest absolute Gasteiger partial charge is 0.0382 e. The van der Waals surface area contributed by atoms with E-state index < -0.39 is 0 Å². The minimum absolute atomic E-state index is 0.669. The Morgan fingerprint density at radius 1 is 1.28 bits per heavy atom. The molecule has 1 aliphatic rings. The lowest BCUT2D eigenvalue weighted by Crippen LogP contribution is -2.29. The Morgan fingerprint density at radius 2 is 2.06 bits per heavy atom. The molecule has 0 heterocycles. The van der Waals surface area contributed by atoms with Crippen LogP contribution in [0.15, 0.2) is 18.2 Å². The van der Waals surface area contributed by atoms with Gasteiger partial charge in [0.1, 0.15) is 0 Å². The van der Waals surface area contributed by atoms with Crippen LogP contribution in [0.2, 0.25) is 0 Å². The molecule has 1 saturated carbocycles. The minimum atomic E-state index is 0.669. The van der Waals surface area contributed by atoms with E-state index >= 15 is 0 Å². The standard InChI is InChI=1S/C16H24IN/c1-11(2)13-5-4-6-15(9-13)18-16-10-14(17)8-7-12(16)3/h7-8,10-11,13,15,18H,4-6,9H2,1-3H3. The molecule has 1 aromatic rings. The highest BCUT2D eigenvalue weighted by Crippen LogP contribution is 2.32. The van der Waals surface area contributed by atoms with Gasteiger partial charge in [0.15, 0.2) is 0 Å². The molecule has 100 valence electrons. The normalized spacial score (nSPS) is 24.3. The molecule has 1 nitrogen and oxygen atoms in total. The quantitative estimate of drug-likeness (QED) is 0.731. The highest BCUT2D eigenvalue weighted by molar-refractivity contribution is 14.1. The van der Waals surface area contributed by atoms with Crippen molar-refractivity contribution in [3.63, 3.8) is 0 Å². The van der Waals surface area contributed by atoms with Gasteiger partial charge in [0.2, 0.25) is 0 Å². The van der Waals surface area contributed by atoms with Crippen LogP contribution in [0.3, 0.4) is 0 Å². The number of hydrogen-bond donors (Lipinski definition) is 1. The first-order valence-corrected chi connectivity index (χ1v) is 8.17. The molecule has 1 aliphatic carbocycles. The lowest BCUT2D eigenvalue weighted by molar-refractivity contribution is 0.264. The molecule has 2 unspecified atom stereocenters. The van der Waals surface area contributed by atoms with Gasteiger partial charge in [-0.2, -0.15) is 0 Å². The first-order chi connectivity index (χ1) is 8.56. The van der Waals surface area contributed by atoms with Crippen molar-refractivity contribution in [1.82, 2.24) is 0 Å². The molecule has 18 heavy (non-hydrogen) atoms. The third-order valence-electron chi connectivity index (χ3n) is 4.22. The average molecular weight is 357 g/mol. The Kier molecular flexibility index (Phi) is 4.93. The maximum absolute atomic E-state index is 3.77. The second-order valence-corrected chi connectivity index (χ2v) is 7.22. The highest BCUT2D eigenvalue weighted by atomic mass is 127. The predicted octanol–water partition coefficient (Wildman–Crippen LogP) is 5.23. The van der Waals surface area contributed by atoms with Crippen molar-refractivity contribution < 1.29 is 0 Å². The van der Waals surface area contributed by atoms with E-state index in [1.807, 2.05) is 0 Å². The summed E-state index contributed by atoms with van der Waals surface area (Å²) in [6.07, 6.45) is 5.46. The molecule has 0 saturated heterocycles. The summed E-state index contributed by atoms with van der Waals surface area (Å²) in [6.45, 7) is 6.93. The van der Waals surface area contributed by atoms with Crippen molar-refractivity contribution in [1.29, 1.82) is 0 Å². The fourth-order valence-electron chi connectivity index (χ4n) is 2.93. The zero-order chi connectivity index (χ0) is 13.1. The molecule has 1 N–H and O–H groups in total. The monoisotopic (exact) mass is 357 g/mol. The van der Waals surface area contributed by atoms with Gasteiger partial charge in [0.05, 0.1) is 0 Å². The summed E-state index contributed by atoms with van der Waals surface area (Å²) in [5, 5.41) is 3.77. The molecule has 0 amide bonds. The van der Waals surface area contributed by atoms with Gasteiger partial charge in [-0.3, -0.25) is 0 Å². The summed E-state index contributed by atoms with van der Waals surface area (Å²) < 4.78 is 1.32. The van der Waals surface area contributed by atoms with Crippen molar-refractivity contribution in [3.05, 3.63) is 27.3 Å². The molecule has 0 aliphatic heterocycles. The van der Waals surface area contributed by atoms with Crippen molar-refractivity contribution in [2.24, 2.45) is 11.8 Å². The molecule has 2 heteroatoms. The summed E-state index contributed by atoms with van der Waals surface area (Å²) in [6, 6.07) is 7.34. The lowest BCUT2D eigenvalue weighted by Gasteiger charge is -2.33. The van der Waals surface area contributed by atoms with Crippen LogP contribution in [0, 0.1) is 22.3 Å². The zero-order valence-corrected chi connectivity index (χ0v) is 13.8. The van der Waals surface area contributed by atoms with Gasteiger partial charge in [-0.1, -0.05) is 32.8 Å². The Hall–Kier alpha value is -0.250. The Labute approximate surface area is 125 Å². The van der Waals surface area contributed by atoms with E-state index in [1.54, 1.807) is 0 Å². The second-order valence-electron chi connectivity index (χ2n) is 5.97. The molecular weight excluding hydrogens is 333 g/mol. The number of anilines is 1. The van der Waals surface area contributed by atoms with Crippen LogP contribution >= 0.6 is 22.6 Å². The molecule has 0 aromatic heterocycles. The highest BCUT2D eigenvalue weighted by Gasteiger charge is 2.24. The fraction of sp³-hybridized carbons (Fsp3) is 0.625. The lowest BCUT2D eigenvalue weighted by atomic mass is 9.79. The van der Waals surface area contributed by atoms with Crippen LogP contribution in [0.5, 0.6) is 0 Å². The zero-order valence-electron chi connectivity index (χ0n) is 11.7. The van der Waals surface area contributed by atoms with Gasteiger partial charge < -0.3 is 5.32 Å². The number of benzene rings is 1. The van der Waals surface area contributed by atoms with Crippen LogP contribution in [-0.4, -0.2) is 6.04 Å². The van der Waals surface area contributed by atoms with E-state index in [-0.39, 0.29) is 0 Å². The average Bonchev–Trinajstić information content (AvgIpc) is 2.34. The van der Waals surface area contributed by atoms with E-state index in [1.165, 1.54) is 40.5 Å². The maximum atomic E-state index is 3.77. The number of halogens is 1. The Morgan fingerprint density at radius 3 is 2.78 bits per heavy atom. The first-order valence-electron chi connectivity index (χ1n) is 7.09. The minimum Gasteiger partial charge on any atom is -0.382 e. The Balaban J connectivity index is 2.02. The van der Waals surface area contributed by atoms with Gasteiger partial charge >= 0.3 is 0 Å². The number of rotatable bonds is 3. The Bertz CT molecular complexity index is 400. The topological polar surface area (TPSA) is 12.0 Å². The SMILES string of the molecule is Cc1ccc(I)cc1NC1CCCC(C(C)C)C1. The molecule has 0 spiro atoms. The largest absolute Gasteiger partial charge is 0.382 e. The van der Waals surface area contributed by atoms with Gasteiger partial charge in [-0.15, -0.1) is 0 Å². The van der Waals surface area contributed by atoms with Crippen LogP contribution in [0.4, 0.5) is 5.69 Å². The van der Waals surface area contributed by atoms with Gasteiger partial charge in [0, 0.05) is 15.3 Å². The summed E-state index contributed by atoms with van der Waals surface area (Å²) in [4.78, 5) is 0. The molecule has 1 fully saturated rings. The van der Waals surface area contributed by atoms with Gasteiger partial charge in [0.25, 0.3) is 0 Å². The number of aryl methyl sites for hydroxylation is 1. The van der Waals surface area contributed by atoms with E-state index in [0.29, 0.717) is 6.04 Å². The molecule has 2 atom stereocenters. The maximum Gasteiger partial charge on any atom is 0.0382 e. The van der Waals surface area contributed by atoms with Gasteiger partial charge in [-0.05, 0) is 71.9 Å².